The average Bonchev–Trinajstić information content (AvgIpc) is 3.13. The Morgan fingerprint density at radius 3 is 2.88 bits per heavy atom. The first-order valence-electron chi connectivity index (χ1n) is 7.79. The summed E-state index contributed by atoms with van der Waals surface area (Å²) in [6.07, 6.45) is 0.667. The van der Waals surface area contributed by atoms with Crippen molar-refractivity contribution in [3.05, 3.63) is 33.9 Å². The molecule has 1 N–H and O–H groups in total. The van der Waals surface area contributed by atoms with Crippen molar-refractivity contribution in [1.29, 1.82) is 0 Å². The highest BCUT2D eigenvalue weighted by Gasteiger charge is 2.67. The van der Waals surface area contributed by atoms with Crippen molar-refractivity contribution < 1.29 is 19.2 Å². The van der Waals surface area contributed by atoms with Gasteiger partial charge in [-0.15, -0.1) is 0 Å². The number of carbonyl (C=O) groups excluding carboxylic acids is 2. The summed E-state index contributed by atoms with van der Waals surface area (Å²) in [6, 6.07) is 4.58. The van der Waals surface area contributed by atoms with Crippen LogP contribution in [0.3, 0.4) is 0 Å². The maximum atomic E-state index is 12.7. The zero-order valence-corrected chi connectivity index (χ0v) is 14.4. The van der Waals surface area contributed by atoms with Gasteiger partial charge in [0.1, 0.15) is 6.10 Å². The van der Waals surface area contributed by atoms with E-state index in [4.69, 9.17) is 4.74 Å². The van der Waals surface area contributed by atoms with Crippen LogP contribution in [0.25, 0.3) is 0 Å². The first-order chi connectivity index (χ1) is 11.4. The predicted molar refractivity (Wildman–Crippen MR) is 87.6 cm³/mol. The Bertz CT molecular complexity index is 767. The van der Waals surface area contributed by atoms with Crippen LogP contribution in [0.5, 0.6) is 0 Å². The highest BCUT2D eigenvalue weighted by Crippen LogP contribution is 2.60. The van der Waals surface area contributed by atoms with Gasteiger partial charge in [0.15, 0.2) is 0 Å². The van der Waals surface area contributed by atoms with Crippen molar-refractivity contribution >= 4 is 39.2 Å². The predicted octanol–water partition coefficient (Wildman–Crippen LogP) is 2.41. The molecule has 8 heteroatoms. The summed E-state index contributed by atoms with van der Waals surface area (Å²) in [4.78, 5) is 35.4. The SMILES string of the molecule is Cc1ccc(NC(=O)[C@@H]2[C@H]3C[C@H]4[C@H](OC(=O)[C@H]42)[C@@H]3Br)cc1[N+](=O)[O-]. The molecule has 24 heavy (non-hydrogen) atoms. The molecule has 0 aromatic heterocycles. The van der Waals surface area contributed by atoms with Crippen molar-refractivity contribution in [3.63, 3.8) is 0 Å². The molecule has 1 aliphatic heterocycles. The molecule has 6 atom stereocenters. The molecule has 2 bridgehead atoms. The first-order valence-corrected chi connectivity index (χ1v) is 8.70. The Morgan fingerprint density at radius 2 is 2.17 bits per heavy atom. The lowest BCUT2D eigenvalue weighted by molar-refractivity contribution is -0.385. The number of rotatable bonds is 3. The highest BCUT2D eigenvalue weighted by molar-refractivity contribution is 9.09. The summed E-state index contributed by atoms with van der Waals surface area (Å²) >= 11 is 3.56. The number of nitro groups is 1. The lowest BCUT2D eigenvalue weighted by Gasteiger charge is -2.27. The number of halogens is 1. The van der Waals surface area contributed by atoms with Gasteiger partial charge in [0.2, 0.25) is 5.91 Å². The van der Waals surface area contributed by atoms with E-state index in [0.717, 1.165) is 6.42 Å². The van der Waals surface area contributed by atoms with Crippen molar-refractivity contribution in [3.8, 4) is 0 Å². The lowest BCUT2D eigenvalue weighted by Crippen LogP contribution is -2.40. The van der Waals surface area contributed by atoms with Crippen molar-refractivity contribution in [2.24, 2.45) is 23.7 Å². The van der Waals surface area contributed by atoms with Crippen LogP contribution in [0.4, 0.5) is 11.4 Å². The molecule has 4 rings (SSSR count). The molecule has 1 aromatic carbocycles. The highest BCUT2D eigenvalue weighted by atomic mass is 79.9. The minimum atomic E-state index is -0.476. The number of anilines is 1. The van der Waals surface area contributed by atoms with Gasteiger partial charge in [-0.3, -0.25) is 19.7 Å². The largest absolute Gasteiger partial charge is 0.461 e. The summed E-state index contributed by atoms with van der Waals surface area (Å²) < 4.78 is 5.39. The number of carbonyl (C=O) groups is 2. The fourth-order valence-electron chi connectivity index (χ4n) is 4.44. The van der Waals surface area contributed by atoms with Crippen molar-refractivity contribution in [1.82, 2.24) is 0 Å². The summed E-state index contributed by atoms with van der Waals surface area (Å²) in [5, 5.41) is 13.8. The number of nitrogens with one attached hydrogen (secondary N) is 1. The van der Waals surface area contributed by atoms with E-state index in [1.165, 1.54) is 6.07 Å². The van der Waals surface area contributed by atoms with Gasteiger partial charge in [0.05, 0.1) is 21.6 Å². The molecule has 3 fully saturated rings. The van der Waals surface area contributed by atoms with Crippen LogP contribution in [0.1, 0.15) is 12.0 Å². The van der Waals surface area contributed by atoms with Crippen molar-refractivity contribution in [2.75, 3.05) is 5.32 Å². The van der Waals surface area contributed by atoms with Crippen LogP contribution in [0.2, 0.25) is 0 Å². The van der Waals surface area contributed by atoms with Gasteiger partial charge >= 0.3 is 5.97 Å². The maximum Gasteiger partial charge on any atom is 0.310 e. The molecule has 1 heterocycles. The molecule has 0 unspecified atom stereocenters. The topological polar surface area (TPSA) is 98.5 Å². The van der Waals surface area contributed by atoms with E-state index in [2.05, 4.69) is 21.2 Å². The number of fused-ring (bicyclic) bond motifs is 1. The number of aryl methyl sites for hydroxylation is 1. The number of alkyl halides is 1. The van der Waals surface area contributed by atoms with Crippen LogP contribution in [-0.4, -0.2) is 27.7 Å². The molecule has 3 aliphatic rings. The van der Waals surface area contributed by atoms with Gasteiger partial charge in [-0.1, -0.05) is 22.0 Å². The second-order valence-electron chi connectivity index (χ2n) is 6.71. The number of nitro benzene ring substituents is 1. The smallest absolute Gasteiger partial charge is 0.310 e. The van der Waals surface area contributed by atoms with Gasteiger partial charge in [0, 0.05) is 23.2 Å². The van der Waals surface area contributed by atoms with E-state index in [1.54, 1.807) is 19.1 Å². The summed E-state index contributed by atoms with van der Waals surface area (Å²) in [5.41, 5.74) is 0.856. The minimum Gasteiger partial charge on any atom is -0.461 e. The molecule has 2 saturated carbocycles. The summed E-state index contributed by atoms with van der Waals surface area (Å²) in [6.45, 7) is 1.64. The van der Waals surface area contributed by atoms with Gasteiger partial charge < -0.3 is 10.1 Å². The Morgan fingerprint density at radius 1 is 1.42 bits per heavy atom. The number of benzene rings is 1. The normalized spacial score (nSPS) is 35.8. The van der Waals surface area contributed by atoms with Gasteiger partial charge in [-0.25, -0.2) is 0 Å². The monoisotopic (exact) mass is 394 g/mol. The number of nitrogens with zero attached hydrogens (tertiary/aromatic N) is 1. The Hall–Kier alpha value is -1.96. The molecule has 1 saturated heterocycles. The summed E-state index contributed by atoms with van der Waals surface area (Å²) in [7, 11) is 0. The molecule has 1 amide bonds. The number of ether oxygens (including phenoxy) is 1. The van der Waals surface area contributed by atoms with E-state index in [9.17, 15) is 19.7 Å². The van der Waals surface area contributed by atoms with E-state index in [0.29, 0.717) is 11.3 Å². The second kappa shape index (κ2) is 5.27. The molecule has 0 radical (unpaired) electrons. The average molecular weight is 395 g/mol. The number of amides is 1. The standard InChI is InChI=1S/C16H15BrN2O5/c1-6-2-3-7(4-10(6)19(22)23)18-15(20)11-8-5-9-12(11)16(21)24-14(9)13(8)17/h2-4,8-9,11-14H,5H2,1H3,(H,18,20)/t8-,9-,11-,12-,13-,14+/m1/s1. The number of hydrogen-bond acceptors (Lipinski definition) is 5. The Kier molecular flexibility index (Phi) is 3.42. The van der Waals surface area contributed by atoms with Crippen LogP contribution in [0, 0.1) is 40.7 Å². The third kappa shape index (κ3) is 2.08. The molecular formula is C16H15BrN2O5. The van der Waals surface area contributed by atoms with E-state index in [-0.39, 0.29) is 40.3 Å². The second-order valence-corrected chi connectivity index (χ2v) is 7.77. The minimum absolute atomic E-state index is 0.00620. The molecule has 126 valence electrons. The molecule has 0 spiro atoms. The molecule has 2 aliphatic carbocycles. The molecule has 7 nitrogen and oxygen atoms in total. The van der Waals surface area contributed by atoms with Crippen LogP contribution in [0.15, 0.2) is 18.2 Å². The van der Waals surface area contributed by atoms with Gasteiger partial charge in [-0.05, 0) is 25.3 Å². The number of hydrogen-bond donors (Lipinski definition) is 1. The number of esters is 1. The Labute approximate surface area is 146 Å². The third-order valence-electron chi connectivity index (χ3n) is 5.50. The Balaban J connectivity index is 1.58. The molecular weight excluding hydrogens is 380 g/mol. The van der Waals surface area contributed by atoms with Crippen LogP contribution in [-0.2, 0) is 14.3 Å². The zero-order valence-electron chi connectivity index (χ0n) is 12.8. The fourth-order valence-corrected chi connectivity index (χ4v) is 5.48. The quantitative estimate of drug-likeness (QED) is 0.367. The van der Waals surface area contributed by atoms with E-state index < -0.39 is 16.8 Å². The van der Waals surface area contributed by atoms with E-state index in [1.807, 2.05) is 0 Å². The van der Waals surface area contributed by atoms with Crippen molar-refractivity contribution in [2.45, 2.75) is 24.3 Å². The van der Waals surface area contributed by atoms with Crippen LogP contribution >= 0.6 is 15.9 Å². The van der Waals surface area contributed by atoms with Gasteiger partial charge in [0.25, 0.3) is 5.69 Å². The first kappa shape index (κ1) is 15.6. The lowest BCUT2D eigenvalue weighted by atomic mass is 9.79. The van der Waals surface area contributed by atoms with Crippen LogP contribution < -0.4 is 5.32 Å². The third-order valence-corrected chi connectivity index (χ3v) is 6.70. The van der Waals surface area contributed by atoms with Gasteiger partial charge in [-0.2, -0.15) is 0 Å². The maximum absolute atomic E-state index is 12.7. The van der Waals surface area contributed by atoms with E-state index >= 15 is 0 Å². The molecule has 1 aromatic rings. The zero-order chi connectivity index (χ0) is 17.2. The summed E-state index contributed by atoms with van der Waals surface area (Å²) in [5.74, 6) is -1.27. The fraction of sp³-hybridized carbons (Fsp3) is 0.500.